The van der Waals surface area contributed by atoms with E-state index >= 15 is 0 Å². The van der Waals surface area contributed by atoms with Crippen molar-refractivity contribution in [3.8, 4) is 11.5 Å². The third-order valence-electron chi connectivity index (χ3n) is 4.56. The van der Waals surface area contributed by atoms with Crippen molar-refractivity contribution in [2.45, 2.75) is 0 Å². The SMILES string of the molecule is CNC(=O)c1cc(Oc2ccc3c(NC(=O)c4ccccc4)cccc3c2)ccn1. The van der Waals surface area contributed by atoms with Gasteiger partial charge in [0, 0.05) is 35.9 Å². The van der Waals surface area contributed by atoms with Crippen molar-refractivity contribution in [1.29, 1.82) is 0 Å². The van der Waals surface area contributed by atoms with E-state index in [0.29, 0.717) is 17.1 Å². The average molecular weight is 397 g/mol. The van der Waals surface area contributed by atoms with Crippen LogP contribution in [0.1, 0.15) is 20.8 Å². The number of anilines is 1. The molecule has 1 aromatic heterocycles. The molecule has 1 heterocycles. The third-order valence-corrected chi connectivity index (χ3v) is 4.56. The van der Waals surface area contributed by atoms with E-state index in [1.54, 1.807) is 31.3 Å². The van der Waals surface area contributed by atoms with Gasteiger partial charge in [-0.2, -0.15) is 0 Å². The van der Waals surface area contributed by atoms with Crippen LogP contribution in [0.15, 0.2) is 85.1 Å². The van der Waals surface area contributed by atoms with Gasteiger partial charge in [0.05, 0.1) is 0 Å². The highest BCUT2D eigenvalue weighted by atomic mass is 16.5. The fourth-order valence-electron chi connectivity index (χ4n) is 3.08. The number of carbonyl (C=O) groups excluding carboxylic acids is 2. The number of nitrogens with zero attached hydrogens (tertiary/aromatic N) is 1. The number of ether oxygens (including phenoxy) is 1. The lowest BCUT2D eigenvalue weighted by molar-refractivity contribution is 0.0957. The molecule has 6 heteroatoms. The molecule has 30 heavy (non-hydrogen) atoms. The predicted octanol–water partition coefficient (Wildman–Crippen LogP) is 4.64. The Kier molecular flexibility index (Phi) is 5.39. The second-order valence-electron chi connectivity index (χ2n) is 6.57. The molecule has 0 fully saturated rings. The molecule has 0 atom stereocenters. The third kappa shape index (κ3) is 4.12. The van der Waals surface area contributed by atoms with Crippen LogP contribution >= 0.6 is 0 Å². The van der Waals surface area contributed by atoms with Crippen molar-refractivity contribution in [3.63, 3.8) is 0 Å². The molecule has 0 aliphatic heterocycles. The van der Waals surface area contributed by atoms with Crippen LogP contribution in [0.25, 0.3) is 10.8 Å². The zero-order chi connectivity index (χ0) is 20.9. The molecule has 0 saturated carbocycles. The molecular weight excluding hydrogens is 378 g/mol. The zero-order valence-corrected chi connectivity index (χ0v) is 16.3. The number of fused-ring (bicyclic) bond motifs is 1. The van der Waals surface area contributed by atoms with Crippen molar-refractivity contribution < 1.29 is 14.3 Å². The smallest absolute Gasteiger partial charge is 0.269 e. The molecule has 148 valence electrons. The summed E-state index contributed by atoms with van der Waals surface area (Å²) >= 11 is 0. The van der Waals surface area contributed by atoms with E-state index < -0.39 is 0 Å². The van der Waals surface area contributed by atoms with E-state index in [1.807, 2.05) is 54.6 Å². The first-order valence-corrected chi connectivity index (χ1v) is 9.39. The largest absolute Gasteiger partial charge is 0.457 e. The maximum Gasteiger partial charge on any atom is 0.269 e. The summed E-state index contributed by atoms with van der Waals surface area (Å²) in [5.74, 6) is 0.680. The molecule has 2 amide bonds. The van der Waals surface area contributed by atoms with Crippen LogP contribution in [0.3, 0.4) is 0 Å². The number of pyridine rings is 1. The van der Waals surface area contributed by atoms with Crippen molar-refractivity contribution in [2.24, 2.45) is 0 Å². The van der Waals surface area contributed by atoms with Crippen LogP contribution in [0.5, 0.6) is 11.5 Å². The molecule has 0 saturated heterocycles. The molecule has 3 aromatic carbocycles. The van der Waals surface area contributed by atoms with Crippen LogP contribution in [-0.4, -0.2) is 23.8 Å². The summed E-state index contributed by atoms with van der Waals surface area (Å²) in [7, 11) is 1.55. The lowest BCUT2D eigenvalue weighted by atomic mass is 10.1. The Labute approximate surface area is 173 Å². The predicted molar refractivity (Wildman–Crippen MR) is 116 cm³/mol. The minimum absolute atomic E-state index is 0.165. The lowest BCUT2D eigenvalue weighted by Crippen LogP contribution is -2.18. The highest BCUT2D eigenvalue weighted by Crippen LogP contribution is 2.30. The summed E-state index contributed by atoms with van der Waals surface area (Å²) in [4.78, 5) is 28.3. The first-order valence-electron chi connectivity index (χ1n) is 9.39. The van der Waals surface area contributed by atoms with Crippen LogP contribution in [-0.2, 0) is 0 Å². The number of benzene rings is 3. The van der Waals surface area contributed by atoms with Crippen molar-refractivity contribution in [2.75, 3.05) is 12.4 Å². The first-order chi connectivity index (χ1) is 14.6. The summed E-state index contributed by atoms with van der Waals surface area (Å²) < 4.78 is 5.90. The number of hydrogen-bond acceptors (Lipinski definition) is 4. The van der Waals surface area contributed by atoms with Crippen LogP contribution < -0.4 is 15.4 Å². The second-order valence-corrected chi connectivity index (χ2v) is 6.57. The average Bonchev–Trinajstić information content (AvgIpc) is 2.79. The Hall–Kier alpha value is -4.19. The summed E-state index contributed by atoms with van der Waals surface area (Å²) in [5, 5.41) is 7.32. The quantitative estimate of drug-likeness (QED) is 0.514. The molecule has 0 aliphatic rings. The molecule has 6 nitrogen and oxygen atoms in total. The monoisotopic (exact) mass is 397 g/mol. The second kappa shape index (κ2) is 8.45. The Morgan fingerprint density at radius 2 is 1.63 bits per heavy atom. The number of rotatable bonds is 5. The molecule has 0 spiro atoms. The molecule has 0 radical (unpaired) electrons. The van der Waals surface area contributed by atoms with E-state index in [1.165, 1.54) is 6.20 Å². The fraction of sp³-hybridized carbons (Fsp3) is 0.0417. The molecule has 4 aromatic rings. The summed E-state index contributed by atoms with van der Waals surface area (Å²) in [6, 6.07) is 23.6. The van der Waals surface area contributed by atoms with E-state index in [-0.39, 0.29) is 17.5 Å². The van der Waals surface area contributed by atoms with Gasteiger partial charge in [-0.15, -0.1) is 0 Å². The summed E-state index contributed by atoms with van der Waals surface area (Å²) in [5.41, 5.74) is 1.60. The van der Waals surface area contributed by atoms with E-state index in [2.05, 4.69) is 15.6 Å². The van der Waals surface area contributed by atoms with Gasteiger partial charge in [0.25, 0.3) is 11.8 Å². The van der Waals surface area contributed by atoms with Gasteiger partial charge in [-0.1, -0.05) is 30.3 Å². The highest BCUT2D eigenvalue weighted by Gasteiger charge is 2.10. The van der Waals surface area contributed by atoms with Crippen LogP contribution in [0, 0.1) is 0 Å². The van der Waals surface area contributed by atoms with E-state index in [9.17, 15) is 9.59 Å². The molecule has 0 bridgehead atoms. The number of amides is 2. The van der Waals surface area contributed by atoms with Gasteiger partial charge in [0.15, 0.2) is 0 Å². The molecule has 4 rings (SSSR count). The number of aromatic nitrogens is 1. The summed E-state index contributed by atoms with van der Waals surface area (Å²) in [6.45, 7) is 0. The molecular formula is C24H19N3O3. The Morgan fingerprint density at radius 1 is 0.833 bits per heavy atom. The van der Waals surface area contributed by atoms with Crippen molar-refractivity contribution in [1.82, 2.24) is 10.3 Å². The zero-order valence-electron chi connectivity index (χ0n) is 16.3. The van der Waals surface area contributed by atoms with Gasteiger partial charge in [-0.25, -0.2) is 0 Å². The van der Waals surface area contributed by atoms with Gasteiger partial charge in [0.1, 0.15) is 17.2 Å². The standard InChI is InChI=1S/C24H19N3O3/c1-25-24(29)22-15-19(12-13-26-22)30-18-10-11-20-17(14-18)8-5-9-21(20)27-23(28)16-6-3-2-4-7-16/h2-15H,1H3,(H,25,29)(H,27,28). The lowest BCUT2D eigenvalue weighted by Gasteiger charge is -2.11. The maximum atomic E-state index is 12.5. The Bertz CT molecular complexity index is 1220. The Balaban J connectivity index is 1.58. The highest BCUT2D eigenvalue weighted by molar-refractivity contribution is 6.09. The molecule has 0 unspecified atom stereocenters. The van der Waals surface area contributed by atoms with E-state index in [4.69, 9.17) is 4.74 Å². The number of hydrogen-bond donors (Lipinski definition) is 2. The minimum atomic E-state index is -0.280. The number of nitrogens with one attached hydrogen (secondary N) is 2. The van der Waals surface area contributed by atoms with Crippen molar-refractivity contribution >= 4 is 28.3 Å². The summed E-state index contributed by atoms with van der Waals surface area (Å²) in [6.07, 6.45) is 1.53. The van der Waals surface area contributed by atoms with E-state index in [0.717, 1.165) is 16.5 Å². The van der Waals surface area contributed by atoms with Gasteiger partial charge < -0.3 is 15.4 Å². The van der Waals surface area contributed by atoms with Gasteiger partial charge in [-0.3, -0.25) is 14.6 Å². The normalized spacial score (nSPS) is 10.4. The first kappa shape index (κ1) is 19.1. The van der Waals surface area contributed by atoms with Gasteiger partial charge in [-0.05, 0) is 47.9 Å². The topological polar surface area (TPSA) is 80.3 Å². The molecule has 0 aliphatic carbocycles. The van der Waals surface area contributed by atoms with Gasteiger partial charge >= 0.3 is 0 Å². The van der Waals surface area contributed by atoms with Gasteiger partial charge in [0.2, 0.25) is 0 Å². The van der Waals surface area contributed by atoms with Crippen LogP contribution in [0.4, 0.5) is 5.69 Å². The Morgan fingerprint density at radius 3 is 2.43 bits per heavy atom. The number of carbonyl (C=O) groups is 2. The maximum absolute atomic E-state index is 12.5. The fourth-order valence-corrected chi connectivity index (χ4v) is 3.08. The van der Waals surface area contributed by atoms with Crippen molar-refractivity contribution in [3.05, 3.63) is 96.3 Å². The minimum Gasteiger partial charge on any atom is -0.457 e. The van der Waals surface area contributed by atoms with Crippen LogP contribution in [0.2, 0.25) is 0 Å². The molecule has 2 N–H and O–H groups in total.